The third-order valence-corrected chi connectivity index (χ3v) is 11.0. The largest absolute Gasteiger partial charge is 0.504 e. The zero-order valence-electron chi connectivity index (χ0n) is 22.4. The number of amides is 2. The van der Waals surface area contributed by atoms with Crippen LogP contribution in [0, 0.1) is 0 Å². The molecule has 2 aromatic carbocycles. The molecule has 2 aliphatic heterocycles. The number of carbonyl (C=O) groups is 3. The Morgan fingerprint density at radius 2 is 1.81 bits per heavy atom. The fraction of sp³-hybridized carbons (Fsp3) is 0.241. The lowest BCUT2D eigenvalue weighted by Crippen LogP contribution is -2.70. The molecule has 2 atom stereocenters. The van der Waals surface area contributed by atoms with Crippen molar-refractivity contribution in [2.24, 2.45) is 0 Å². The maximum Gasteiger partial charge on any atom is 0.352 e. The summed E-state index contributed by atoms with van der Waals surface area (Å²) in [5.41, 5.74) is 1.52. The Morgan fingerprint density at radius 3 is 2.53 bits per heavy atom. The molecule has 9 nitrogen and oxygen atoms in total. The van der Waals surface area contributed by atoms with E-state index in [-0.39, 0.29) is 28.9 Å². The fourth-order valence-electron chi connectivity index (χ4n) is 4.58. The van der Waals surface area contributed by atoms with Gasteiger partial charge in [0.15, 0.2) is 30.4 Å². The first-order valence-electron chi connectivity index (χ1n) is 13.0. The second-order valence-electron chi connectivity index (χ2n) is 9.71. The molecular formula is C29H26Cl2N3O6S3+. The summed E-state index contributed by atoms with van der Waals surface area (Å²) in [5, 5.41) is 32.3. The van der Waals surface area contributed by atoms with Crippen LogP contribution in [0.5, 0.6) is 11.5 Å². The molecule has 4 N–H and O–H groups in total. The van der Waals surface area contributed by atoms with Crippen molar-refractivity contribution >= 4 is 76.3 Å². The van der Waals surface area contributed by atoms with E-state index >= 15 is 0 Å². The molecule has 2 amide bonds. The molecule has 3 heterocycles. The van der Waals surface area contributed by atoms with Gasteiger partial charge in [-0.15, -0.1) is 35.3 Å². The minimum Gasteiger partial charge on any atom is -0.504 e. The Hall–Kier alpha value is -3.03. The number of pyridine rings is 1. The fourth-order valence-corrected chi connectivity index (χ4v) is 8.26. The number of carboxylic acids is 1. The van der Waals surface area contributed by atoms with Crippen LogP contribution < -0.4 is 9.88 Å². The summed E-state index contributed by atoms with van der Waals surface area (Å²) in [6, 6.07) is 12.8. The van der Waals surface area contributed by atoms with Gasteiger partial charge in [0.25, 0.3) is 5.91 Å². The number of aliphatic carboxylic acids is 1. The van der Waals surface area contributed by atoms with Crippen LogP contribution in [0.3, 0.4) is 0 Å². The van der Waals surface area contributed by atoms with Gasteiger partial charge < -0.3 is 20.6 Å². The first-order valence-corrected chi connectivity index (χ1v) is 16.8. The molecule has 224 valence electrons. The molecule has 0 unspecified atom stereocenters. The second kappa shape index (κ2) is 13.7. The minimum atomic E-state index is -1.17. The van der Waals surface area contributed by atoms with Crippen LogP contribution in [0.4, 0.5) is 0 Å². The Balaban J connectivity index is 1.15. The van der Waals surface area contributed by atoms with Gasteiger partial charge in [0.05, 0.1) is 10.8 Å². The van der Waals surface area contributed by atoms with Crippen molar-refractivity contribution in [1.82, 2.24) is 10.2 Å². The van der Waals surface area contributed by atoms with Gasteiger partial charge in [-0.1, -0.05) is 29.3 Å². The van der Waals surface area contributed by atoms with E-state index in [1.807, 2.05) is 29.1 Å². The van der Waals surface area contributed by atoms with Crippen molar-refractivity contribution in [3.63, 3.8) is 0 Å². The van der Waals surface area contributed by atoms with E-state index in [2.05, 4.69) is 5.32 Å². The Labute approximate surface area is 270 Å². The molecule has 14 heteroatoms. The maximum atomic E-state index is 13.0. The number of aromatic nitrogens is 1. The van der Waals surface area contributed by atoms with E-state index in [0.29, 0.717) is 45.0 Å². The Kier molecular flexibility index (Phi) is 10.0. The predicted molar refractivity (Wildman–Crippen MR) is 168 cm³/mol. The number of benzene rings is 2. The van der Waals surface area contributed by atoms with E-state index in [4.69, 9.17) is 23.2 Å². The van der Waals surface area contributed by atoms with Crippen molar-refractivity contribution in [2.75, 3.05) is 17.3 Å². The van der Waals surface area contributed by atoms with Crippen LogP contribution in [-0.4, -0.2) is 66.7 Å². The summed E-state index contributed by atoms with van der Waals surface area (Å²) in [5.74, 6) is -1.42. The number of aryl methyl sites for hydroxylation is 2. The highest BCUT2D eigenvalue weighted by Gasteiger charge is 2.54. The number of halogens is 2. The molecule has 3 aromatic rings. The van der Waals surface area contributed by atoms with Crippen LogP contribution in [0.1, 0.15) is 5.56 Å². The quantitative estimate of drug-likeness (QED) is 0.0998. The lowest BCUT2D eigenvalue weighted by Gasteiger charge is -2.49. The summed E-state index contributed by atoms with van der Waals surface area (Å²) in [7, 11) is 0. The highest BCUT2D eigenvalue weighted by atomic mass is 35.5. The SMILES string of the molecule is O=C(CSc1cc(Cl)ccc1Cl)N[C@@H]1C(=O)N2C(C(=O)O)=C(CSc3cc[n+](CCc4ccc(O)c(O)c4)cc3)CS[C@H]12. The van der Waals surface area contributed by atoms with E-state index in [1.165, 1.54) is 52.3 Å². The summed E-state index contributed by atoms with van der Waals surface area (Å²) in [6.45, 7) is 0.670. The molecule has 0 spiro atoms. The van der Waals surface area contributed by atoms with E-state index in [9.17, 15) is 29.7 Å². The third kappa shape index (κ3) is 7.38. The van der Waals surface area contributed by atoms with Crippen molar-refractivity contribution in [1.29, 1.82) is 0 Å². The molecule has 2 aliphatic rings. The molecule has 43 heavy (non-hydrogen) atoms. The van der Waals surface area contributed by atoms with Gasteiger partial charge in [-0.3, -0.25) is 14.5 Å². The van der Waals surface area contributed by atoms with Crippen molar-refractivity contribution in [2.45, 2.75) is 34.2 Å². The predicted octanol–water partition coefficient (Wildman–Crippen LogP) is 4.56. The first kappa shape index (κ1) is 31.4. The molecule has 5 rings (SSSR count). The van der Waals surface area contributed by atoms with Crippen molar-refractivity contribution in [3.05, 3.63) is 87.8 Å². The average Bonchev–Trinajstić information content (AvgIpc) is 2.99. The second-order valence-corrected chi connectivity index (χ2v) is 13.7. The monoisotopic (exact) mass is 678 g/mol. The van der Waals surface area contributed by atoms with Crippen LogP contribution in [-0.2, 0) is 27.3 Å². The number of thioether (sulfide) groups is 3. The molecule has 0 saturated carbocycles. The van der Waals surface area contributed by atoms with Crippen LogP contribution >= 0.6 is 58.5 Å². The number of aromatic hydroxyl groups is 2. The Morgan fingerprint density at radius 1 is 1.05 bits per heavy atom. The number of phenolic OH excluding ortho intramolecular Hbond substituents is 2. The topological polar surface area (TPSA) is 131 Å². The average molecular weight is 680 g/mol. The molecule has 0 bridgehead atoms. The number of hydrogen-bond acceptors (Lipinski definition) is 8. The number of nitrogens with zero attached hydrogens (tertiary/aromatic N) is 2. The normalized spacial score (nSPS) is 17.8. The van der Waals surface area contributed by atoms with E-state index in [0.717, 1.165) is 10.5 Å². The first-order chi connectivity index (χ1) is 20.6. The molecule has 1 saturated heterocycles. The van der Waals surface area contributed by atoms with Gasteiger partial charge in [-0.2, -0.15) is 0 Å². The number of phenols is 2. The smallest absolute Gasteiger partial charge is 0.352 e. The number of nitrogens with one attached hydrogen (secondary N) is 1. The number of β-lactam (4-membered cyclic amide) rings is 1. The highest BCUT2D eigenvalue weighted by molar-refractivity contribution is 8.01. The van der Waals surface area contributed by atoms with Gasteiger partial charge in [0, 0.05) is 44.9 Å². The van der Waals surface area contributed by atoms with Crippen molar-refractivity contribution in [3.8, 4) is 11.5 Å². The highest BCUT2D eigenvalue weighted by Crippen LogP contribution is 2.41. The van der Waals surface area contributed by atoms with E-state index in [1.54, 1.807) is 24.3 Å². The van der Waals surface area contributed by atoms with Crippen molar-refractivity contribution < 1.29 is 34.3 Å². The molecule has 1 fully saturated rings. The van der Waals surface area contributed by atoms with Gasteiger partial charge >= 0.3 is 5.97 Å². The van der Waals surface area contributed by atoms with Gasteiger partial charge in [0.1, 0.15) is 17.1 Å². The zero-order valence-corrected chi connectivity index (χ0v) is 26.4. The van der Waals surface area contributed by atoms with Crippen LogP contribution in [0.25, 0.3) is 0 Å². The summed E-state index contributed by atoms with van der Waals surface area (Å²) >= 11 is 16.3. The summed E-state index contributed by atoms with van der Waals surface area (Å²) in [6.07, 6.45) is 4.51. The molecule has 0 aliphatic carbocycles. The molecule has 1 aromatic heterocycles. The van der Waals surface area contributed by atoms with Gasteiger partial charge in [-0.05, 0) is 41.5 Å². The zero-order chi connectivity index (χ0) is 30.7. The lowest BCUT2D eigenvalue weighted by molar-refractivity contribution is -0.696. The number of hydrogen-bond donors (Lipinski definition) is 4. The third-order valence-electron chi connectivity index (χ3n) is 6.79. The molecular weight excluding hydrogens is 653 g/mol. The van der Waals surface area contributed by atoms with Gasteiger partial charge in [-0.25, -0.2) is 9.36 Å². The van der Waals surface area contributed by atoms with Crippen LogP contribution in [0.15, 0.2) is 82.0 Å². The number of fused-ring (bicyclic) bond motifs is 1. The van der Waals surface area contributed by atoms with Crippen LogP contribution in [0.2, 0.25) is 10.0 Å². The number of rotatable bonds is 11. The summed E-state index contributed by atoms with van der Waals surface area (Å²) < 4.78 is 1.99. The summed E-state index contributed by atoms with van der Waals surface area (Å²) in [4.78, 5) is 40.7. The number of carbonyl (C=O) groups excluding carboxylic acids is 2. The lowest BCUT2D eigenvalue weighted by atomic mass is 10.0. The van der Waals surface area contributed by atoms with Gasteiger partial charge in [0.2, 0.25) is 5.91 Å². The molecule has 0 radical (unpaired) electrons. The number of carboxylic acid groups (broad SMARTS) is 1. The standard InChI is InChI=1S/C29H25Cl2N3O6S3/c30-18-2-3-20(31)23(12-18)42-15-24(37)32-25-27(38)34-26(29(39)40)17(14-43-28(25)34)13-41-19-6-9-33(10-7-19)8-5-16-1-4-21(35)22(36)11-16/h1-4,6-7,9-12,25,28H,5,8,13-15H2,(H3-,32,35,36,37,39,40)/p+1/t25-,28-/m1/s1. The van der Waals surface area contributed by atoms with E-state index < -0.39 is 23.3 Å². The minimum absolute atomic E-state index is 0.0185. The maximum absolute atomic E-state index is 13.0. The Bertz CT molecular complexity index is 1600.